The summed E-state index contributed by atoms with van der Waals surface area (Å²) in [5, 5.41) is 8.97. The molecule has 0 aromatic rings. The Kier molecular flexibility index (Phi) is 6.72. The van der Waals surface area contributed by atoms with Crippen LogP contribution in [-0.4, -0.2) is 0 Å². The largest absolute Gasteiger partial charge is 0.198 e. The van der Waals surface area contributed by atoms with Gasteiger partial charge in [0.25, 0.3) is 0 Å². The van der Waals surface area contributed by atoms with Gasteiger partial charge in [-0.1, -0.05) is 40.5 Å². The predicted molar refractivity (Wildman–Crippen MR) is 71.0 cm³/mol. The highest BCUT2D eigenvalue weighted by Crippen LogP contribution is 2.29. The van der Waals surface area contributed by atoms with Gasteiger partial charge in [0, 0.05) is 0 Å². The SMILES string of the molecule is CC(C)CCC(C)C(C)CCC(C)(C)C#N. The highest BCUT2D eigenvalue weighted by molar-refractivity contribution is 4.91. The van der Waals surface area contributed by atoms with Crippen LogP contribution in [0.15, 0.2) is 0 Å². The van der Waals surface area contributed by atoms with E-state index in [0.717, 1.165) is 24.2 Å². The van der Waals surface area contributed by atoms with Gasteiger partial charge in [-0.15, -0.1) is 0 Å². The van der Waals surface area contributed by atoms with Crippen LogP contribution in [0, 0.1) is 34.5 Å². The van der Waals surface area contributed by atoms with Crippen LogP contribution in [0.5, 0.6) is 0 Å². The van der Waals surface area contributed by atoms with Crippen molar-refractivity contribution in [3.8, 4) is 6.07 Å². The molecule has 0 N–H and O–H groups in total. The zero-order valence-corrected chi connectivity index (χ0v) is 12.0. The lowest BCUT2D eigenvalue weighted by Gasteiger charge is -2.23. The van der Waals surface area contributed by atoms with Gasteiger partial charge in [-0.25, -0.2) is 0 Å². The van der Waals surface area contributed by atoms with Crippen LogP contribution in [0.4, 0.5) is 0 Å². The summed E-state index contributed by atoms with van der Waals surface area (Å²) in [6, 6.07) is 2.39. The molecule has 0 radical (unpaired) electrons. The summed E-state index contributed by atoms with van der Waals surface area (Å²) in [6.45, 7) is 13.3. The Balaban J connectivity index is 3.88. The van der Waals surface area contributed by atoms with Gasteiger partial charge in [-0.3, -0.25) is 0 Å². The standard InChI is InChI=1S/C15H29N/c1-12(2)7-8-13(3)14(4)9-10-15(5,6)11-16/h12-14H,7-10H2,1-6H3. The Hall–Kier alpha value is -0.510. The summed E-state index contributed by atoms with van der Waals surface area (Å²) in [5.74, 6) is 2.34. The average Bonchev–Trinajstić information content (AvgIpc) is 2.22. The van der Waals surface area contributed by atoms with Crippen LogP contribution in [0.2, 0.25) is 0 Å². The Morgan fingerprint density at radius 1 is 0.938 bits per heavy atom. The summed E-state index contributed by atoms with van der Waals surface area (Å²) in [7, 11) is 0. The van der Waals surface area contributed by atoms with Crippen molar-refractivity contribution >= 4 is 0 Å². The zero-order chi connectivity index (χ0) is 12.8. The second-order valence-corrected chi connectivity index (χ2v) is 6.46. The van der Waals surface area contributed by atoms with E-state index in [1.165, 1.54) is 19.3 Å². The van der Waals surface area contributed by atoms with E-state index in [1.807, 2.05) is 13.8 Å². The molecule has 0 spiro atoms. The lowest BCUT2D eigenvalue weighted by atomic mass is 9.81. The first kappa shape index (κ1) is 15.5. The highest BCUT2D eigenvalue weighted by Gasteiger charge is 2.20. The summed E-state index contributed by atoms with van der Waals surface area (Å²) >= 11 is 0. The number of nitrogens with zero attached hydrogens (tertiary/aromatic N) is 1. The van der Waals surface area contributed by atoms with E-state index in [-0.39, 0.29) is 5.41 Å². The van der Waals surface area contributed by atoms with E-state index >= 15 is 0 Å². The minimum Gasteiger partial charge on any atom is -0.198 e. The lowest BCUT2D eigenvalue weighted by Crippen LogP contribution is -2.14. The third-order valence-corrected chi connectivity index (χ3v) is 3.70. The van der Waals surface area contributed by atoms with Crippen molar-refractivity contribution in [1.29, 1.82) is 5.26 Å². The second kappa shape index (κ2) is 6.94. The third kappa shape index (κ3) is 6.88. The molecule has 0 aromatic heterocycles. The fraction of sp³-hybridized carbons (Fsp3) is 0.933. The van der Waals surface area contributed by atoms with Gasteiger partial charge < -0.3 is 0 Å². The van der Waals surface area contributed by atoms with Gasteiger partial charge in [0.05, 0.1) is 11.5 Å². The van der Waals surface area contributed by atoms with E-state index in [9.17, 15) is 0 Å². The van der Waals surface area contributed by atoms with Crippen LogP contribution in [0.1, 0.15) is 67.2 Å². The first-order valence-electron chi connectivity index (χ1n) is 6.69. The number of hydrogen-bond acceptors (Lipinski definition) is 1. The summed E-state index contributed by atoms with van der Waals surface area (Å²) in [4.78, 5) is 0. The highest BCUT2D eigenvalue weighted by atomic mass is 14.3. The lowest BCUT2D eigenvalue weighted by molar-refractivity contribution is 0.285. The topological polar surface area (TPSA) is 23.8 Å². The van der Waals surface area contributed by atoms with E-state index in [1.54, 1.807) is 0 Å². The monoisotopic (exact) mass is 223 g/mol. The molecule has 0 rings (SSSR count). The van der Waals surface area contributed by atoms with Crippen molar-refractivity contribution in [2.75, 3.05) is 0 Å². The molecule has 0 amide bonds. The Morgan fingerprint density at radius 2 is 1.44 bits per heavy atom. The van der Waals surface area contributed by atoms with Crippen LogP contribution < -0.4 is 0 Å². The molecule has 0 aliphatic heterocycles. The van der Waals surface area contributed by atoms with Crippen molar-refractivity contribution in [1.82, 2.24) is 0 Å². The molecule has 1 heteroatoms. The third-order valence-electron chi connectivity index (χ3n) is 3.70. The molecule has 16 heavy (non-hydrogen) atoms. The van der Waals surface area contributed by atoms with Crippen molar-refractivity contribution in [3.63, 3.8) is 0 Å². The molecular formula is C15H29N. The van der Waals surface area contributed by atoms with E-state index in [2.05, 4.69) is 33.8 Å². The molecule has 0 aromatic carbocycles. The summed E-state index contributed by atoms with van der Waals surface area (Å²) in [6.07, 6.45) is 4.86. The van der Waals surface area contributed by atoms with E-state index < -0.39 is 0 Å². The van der Waals surface area contributed by atoms with E-state index in [0.29, 0.717) is 0 Å². The molecule has 2 unspecified atom stereocenters. The van der Waals surface area contributed by atoms with Crippen molar-refractivity contribution in [3.05, 3.63) is 0 Å². The quantitative estimate of drug-likeness (QED) is 0.594. The van der Waals surface area contributed by atoms with Crippen LogP contribution >= 0.6 is 0 Å². The maximum Gasteiger partial charge on any atom is 0.0683 e. The Labute approximate surface area is 102 Å². The molecule has 0 aliphatic carbocycles. The maximum absolute atomic E-state index is 8.97. The number of rotatable bonds is 7. The minimum atomic E-state index is -0.147. The predicted octanol–water partition coefficient (Wildman–Crippen LogP) is 5.02. The molecule has 0 fully saturated rings. The van der Waals surface area contributed by atoms with Gasteiger partial charge in [0.2, 0.25) is 0 Å². The Morgan fingerprint density at radius 3 is 1.88 bits per heavy atom. The molecular weight excluding hydrogens is 194 g/mol. The van der Waals surface area contributed by atoms with Gasteiger partial charge >= 0.3 is 0 Å². The molecule has 0 saturated heterocycles. The van der Waals surface area contributed by atoms with Gasteiger partial charge in [0.15, 0.2) is 0 Å². The van der Waals surface area contributed by atoms with E-state index in [4.69, 9.17) is 5.26 Å². The fourth-order valence-corrected chi connectivity index (χ4v) is 1.81. The normalized spacial score (nSPS) is 15.9. The first-order valence-corrected chi connectivity index (χ1v) is 6.69. The van der Waals surface area contributed by atoms with Crippen LogP contribution in [0.3, 0.4) is 0 Å². The molecule has 0 saturated carbocycles. The smallest absolute Gasteiger partial charge is 0.0683 e. The molecule has 1 nitrogen and oxygen atoms in total. The van der Waals surface area contributed by atoms with Crippen molar-refractivity contribution in [2.24, 2.45) is 23.2 Å². The summed E-state index contributed by atoms with van der Waals surface area (Å²) < 4.78 is 0. The van der Waals surface area contributed by atoms with Gasteiger partial charge in [-0.05, 0) is 44.4 Å². The van der Waals surface area contributed by atoms with Crippen LogP contribution in [0.25, 0.3) is 0 Å². The second-order valence-electron chi connectivity index (χ2n) is 6.46. The fourth-order valence-electron chi connectivity index (χ4n) is 1.81. The molecule has 0 heterocycles. The number of hydrogen-bond donors (Lipinski definition) is 0. The molecule has 0 bridgehead atoms. The molecule has 2 atom stereocenters. The van der Waals surface area contributed by atoms with Gasteiger partial charge in [-0.2, -0.15) is 5.26 Å². The van der Waals surface area contributed by atoms with Crippen LogP contribution in [-0.2, 0) is 0 Å². The van der Waals surface area contributed by atoms with Crippen molar-refractivity contribution in [2.45, 2.75) is 67.2 Å². The minimum absolute atomic E-state index is 0.147. The Bertz CT molecular complexity index is 222. The van der Waals surface area contributed by atoms with Gasteiger partial charge in [0.1, 0.15) is 0 Å². The number of nitriles is 1. The average molecular weight is 223 g/mol. The molecule has 0 aliphatic rings. The summed E-state index contributed by atoms with van der Waals surface area (Å²) in [5.41, 5.74) is -0.147. The zero-order valence-electron chi connectivity index (χ0n) is 12.0. The maximum atomic E-state index is 8.97. The molecule has 94 valence electrons. The first-order chi connectivity index (χ1) is 7.28. The van der Waals surface area contributed by atoms with Crippen molar-refractivity contribution < 1.29 is 0 Å².